The summed E-state index contributed by atoms with van der Waals surface area (Å²) in [7, 11) is 0. The Balaban J connectivity index is 2.07. The molecule has 9 heteroatoms. The van der Waals surface area contributed by atoms with Crippen molar-refractivity contribution in [2.24, 2.45) is 5.73 Å². The van der Waals surface area contributed by atoms with Gasteiger partial charge in [-0.3, -0.25) is 0 Å². The summed E-state index contributed by atoms with van der Waals surface area (Å²) in [5, 5.41) is 12.1. The van der Waals surface area contributed by atoms with Crippen LogP contribution in [0.1, 0.15) is 30.5 Å². The Hall–Kier alpha value is -2.60. The second-order valence-corrected chi connectivity index (χ2v) is 5.74. The molecule has 24 heavy (non-hydrogen) atoms. The van der Waals surface area contributed by atoms with Gasteiger partial charge in [-0.1, -0.05) is 0 Å². The summed E-state index contributed by atoms with van der Waals surface area (Å²) >= 11 is 0. The lowest BCUT2D eigenvalue weighted by Gasteiger charge is -2.17. The Morgan fingerprint density at radius 2 is 2.12 bits per heavy atom. The summed E-state index contributed by atoms with van der Waals surface area (Å²) in [4.78, 5) is 10.5. The molecule has 0 radical (unpaired) electrons. The minimum Gasteiger partial charge on any atom is -0.367 e. The van der Waals surface area contributed by atoms with Gasteiger partial charge in [-0.25, -0.2) is 9.97 Å². The summed E-state index contributed by atoms with van der Waals surface area (Å²) in [6.07, 6.45) is 0.458. The predicted molar refractivity (Wildman–Crippen MR) is 80.8 cm³/mol. The zero-order valence-corrected chi connectivity index (χ0v) is 12.6. The van der Waals surface area contributed by atoms with E-state index < -0.39 is 17.4 Å². The molecule has 0 spiro atoms. The summed E-state index contributed by atoms with van der Waals surface area (Å²) in [6, 6.07) is 3.04. The molecule has 0 saturated heterocycles. The van der Waals surface area contributed by atoms with Crippen molar-refractivity contribution in [1.82, 2.24) is 15.0 Å². The van der Waals surface area contributed by atoms with Crippen molar-refractivity contribution in [2.45, 2.75) is 37.5 Å². The number of nitrogens with zero attached hydrogens (tertiary/aromatic N) is 3. The van der Waals surface area contributed by atoms with Gasteiger partial charge in [0.05, 0.1) is 5.69 Å². The van der Waals surface area contributed by atoms with Crippen LogP contribution in [0.25, 0.3) is 11.3 Å². The molecule has 1 aliphatic rings. The molecule has 0 unspecified atom stereocenters. The average molecular weight is 336 g/mol. The standard InChI is InChI=1S/C15H15F3N6/c16-15(17,18)12-11(6-19)23-14(22-10-2-1-9(20)5-10)24-13(12)8-3-4-21-7-8/h3-4,7,9-10,21H,1-2,5,20H2,(H,22,23,24)/t9-,10-/m0/s1. The van der Waals surface area contributed by atoms with Gasteiger partial charge in [0.2, 0.25) is 5.95 Å². The van der Waals surface area contributed by atoms with Crippen molar-refractivity contribution in [3.63, 3.8) is 0 Å². The molecular formula is C15H15F3N6. The fourth-order valence-corrected chi connectivity index (χ4v) is 2.88. The highest BCUT2D eigenvalue weighted by atomic mass is 19.4. The summed E-state index contributed by atoms with van der Waals surface area (Å²) in [6.45, 7) is 0. The Labute approximate surface area is 135 Å². The van der Waals surface area contributed by atoms with Crippen molar-refractivity contribution >= 4 is 5.95 Å². The van der Waals surface area contributed by atoms with Crippen molar-refractivity contribution in [3.8, 4) is 17.3 Å². The monoisotopic (exact) mass is 336 g/mol. The van der Waals surface area contributed by atoms with Gasteiger partial charge in [0, 0.05) is 30.0 Å². The third kappa shape index (κ3) is 3.19. The number of alkyl halides is 3. The van der Waals surface area contributed by atoms with E-state index in [1.807, 2.05) is 0 Å². The SMILES string of the molecule is N#Cc1nc(N[C@H]2CC[C@H](N)C2)nc(-c2cc[nH]c2)c1C(F)(F)F. The van der Waals surface area contributed by atoms with Crippen LogP contribution in [0.5, 0.6) is 0 Å². The number of aromatic nitrogens is 3. The molecule has 2 aromatic heterocycles. The van der Waals surface area contributed by atoms with Crippen LogP contribution in [0.4, 0.5) is 19.1 Å². The van der Waals surface area contributed by atoms with Crippen LogP contribution in [0, 0.1) is 11.3 Å². The third-order valence-corrected chi connectivity index (χ3v) is 3.98. The predicted octanol–water partition coefficient (Wildman–Crippen LogP) is 2.65. The number of hydrogen-bond acceptors (Lipinski definition) is 5. The topological polar surface area (TPSA) is 103 Å². The van der Waals surface area contributed by atoms with Gasteiger partial charge < -0.3 is 16.0 Å². The first-order valence-electron chi connectivity index (χ1n) is 7.43. The van der Waals surface area contributed by atoms with Crippen molar-refractivity contribution in [2.75, 3.05) is 5.32 Å². The van der Waals surface area contributed by atoms with Gasteiger partial charge in [-0.05, 0) is 25.3 Å². The van der Waals surface area contributed by atoms with E-state index in [4.69, 9.17) is 11.0 Å². The van der Waals surface area contributed by atoms with E-state index in [2.05, 4.69) is 20.3 Å². The van der Waals surface area contributed by atoms with Gasteiger partial charge in [-0.2, -0.15) is 18.4 Å². The number of rotatable bonds is 3. The highest BCUT2D eigenvalue weighted by molar-refractivity contribution is 5.67. The molecule has 3 rings (SSSR count). The van der Waals surface area contributed by atoms with Crippen LogP contribution < -0.4 is 11.1 Å². The maximum Gasteiger partial charge on any atom is 0.421 e. The minimum absolute atomic E-state index is 0.00912. The van der Waals surface area contributed by atoms with Gasteiger partial charge in [0.1, 0.15) is 11.6 Å². The molecule has 6 nitrogen and oxygen atoms in total. The van der Waals surface area contributed by atoms with E-state index in [1.165, 1.54) is 24.5 Å². The second kappa shape index (κ2) is 6.13. The highest BCUT2D eigenvalue weighted by Gasteiger charge is 2.39. The number of anilines is 1. The van der Waals surface area contributed by atoms with E-state index in [9.17, 15) is 13.2 Å². The van der Waals surface area contributed by atoms with Crippen LogP contribution >= 0.6 is 0 Å². The maximum atomic E-state index is 13.4. The quantitative estimate of drug-likeness (QED) is 0.799. The number of aromatic amines is 1. The molecule has 1 fully saturated rings. The Morgan fingerprint density at radius 3 is 2.67 bits per heavy atom. The number of nitrogens with two attached hydrogens (primary N) is 1. The third-order valence-electron chi connectivity index (χ3n) is 3.98. The molecule has 2 heterocycles. The molecule has 2 atom stereocenters. The number of halogens is 3. The smallest absolute Gasteiger partial charge is 0.367 e. The zero-order valence-electron chi connectivity index (χ0n) is 12.6. The maximum absolute atomic E-state index is 13.4. The van der Waals surface area contributed by atoms with Gasteiger partial charge in [0.25, 0.3) is 0 Å². The van der Waals surface area contributed by atoms with Crippen LogP contribution in [-0.4, -0.2) is 27.0 Å². The molecule has 1 aliphatic carbocycles. The molecular weight excluding hydrogens is 321 g/mol. The largest absolute Gasteiger partial charge is 0.421 e. The normalized spacial score (nSPS) is 20.8. The number of nitrogens with one attached hydrogen (secondary N) is 2. The van der Waals surface area contributed by atoms with E-state index in [0.29, 0.717) is 6.42 Å². The van der Waals surface area contributed by atoms with Gasteiger partial charge >= 0.3 is 6.18 Å². The second-order valence-electron chi connectivity index (χ2n) is 5.74. The molecule has 0 amide bonds. The first-order valence-corrected chi connectivity index (χ1v) is 7.43. The number of hydrogen-bond donors (Lipinski definition) is 3. The number of nitriles is 1. The van der Waals surface area contributed by atoms with Crippen LogP contribution in [-0.2, 0) is 6.18 Å². The van der Waals surface area contributed by atoms with Crippen LogP contribution in [0.2, 0.25) is 0 Å². The molecule has 0 aliphatic heterocycles. The first-order chi connectivity index (χ1) is 11.4. The Morgan fingerprint density at radius 1 is 1.33 bits per heavy atom. The fourth-order valence-electron chi connectivity index (χ4n) is 2.88. The molecule has 0 bridgehead atoms. The van der Waals surface area contributed by atoms with Gasteiger partial charge in [-0.15, -0.1) is 0 Å². The van der Waals surface area contributed by atoms with Crippen molar-refractivity contribution < 1.29 is 13.2 Å². The van der Waals surface area contributed by atoms with E-state index >= 15 is 0 Å². The van der Waals surface area contributed by atoms with Crippen molar-refractivity contribution in [3.05, 3.63) is 29.7 Å². The zero-order chi connectivity index (χ0) is 17.3. The molecule has 4 N–H and O–H groups in total. The summed E-state index contributed by atoms with van der Waals surface area (Å²) in [5.74, 6) is 0.00912. The first kappa shape index (κ1) is 16.3. The van der Waals surface area contributed by atoms with E-state index in [-0.39, 0.29) is 29.3 Å². The Kier molecular flexibility index (Phi) is 4.15. The Bertz CT molecular complexity index is 763. The van der Waals surface area contributed by atoms with E-state index in [0.717, 1.165) is 12.8 Å². The van der Waals surface area contributed by atoms with Crippen molar-refractivity contribution in [1.29, 1.82) is 5.26 Å². The fraction of sp³-hybridized carbons (Fsp3) is 0.400. The van der Waals surface area contributed by atoms with Gasteiger partial charge in [0.15, 0.2) is 5.69 Å². The molecule has 0 aromatic carbocycles. The lowest BCUT2D eigenvalue weighted by Crippen LogP contribution is -2.23. The highest BCUT2D eigenvalue weighted by Crippen LogP contribution is 2.38. The number of H-pyrrole nitrogens is 1. The van der Waals surface area contributed by atoms with Crippen LogP contribution in [0.3, 0.4) is 0 Å². The lowest BCUT2D eigenvalue weighted by atomic mass is 10.1. The minimum atomic E-state index is -4.73. The average Bonchev–Trinajstić information content (AvgIpc) is 3.17. The molecule has 126 valence electrons. The molecule has 2 aromatic rings. The summed E-state index contributed by atoms with van der Waals surface area (Å²) in [5.41, 5.74) is 3.94. The van der Waals surface area contributed by atoms with Crippen LogP contribution in [0.15, 0.2) is 18.5 Å². The van der Waals surface area contributed by atoms with E-state index in [1.54, 1.807) is 0 Å². The molecule has 1 saturated carbocycles. The summed E-state index contributed by atoms with van der Waals surface area (Å²) < 4.78 is 40.2. The lowest BCUT2D eigenvalue weighted by molar-refractivity contribution is -0.137.